The van der Waals surface area contributed by atoms with E-state index in [0.29, 0.717) is 42.0 Å². The molecule has 160 valence electrons. The Balaban J connectivity index is 1.54. The summed E-state index contributed by atoms with van der Waals surface area (Å²) in [7, 11) is 0. The number of anilines is 1. The number of halogens is 2. The van der Waals surface area contributed by atoms with Crippen LogP contribution in [-0.2, 0) is 22.6 Å². The van der Waals surface area contributed by atoms with Crippen molar-refractivity contribution in [3.05, 3.63) is 44.4 Å². The molecule has 0 atom stereocenters. The molecule has 1 aromatic carbocycles. The third kappa shape index (κ3) is 5.71. The van der Waals surface area contributed by atoms with Crippen LogP contribution in [0.15, 0.2) is 18.2 Å². The number of hydrogen-bond acceptors (Lipinski definition) is 5. The molecule has 0 bridgehead atoms. The van der Waals surface area contributed by atoms with Crippen LogP contribution in [0.25, 0.3) is 0 Å². The van der Waals surface area contributed by atoms with Gasteiger partial charge in [-0.25, -0.2) is 4.98 Å². The SMILES string of the molecule is CC(C)CC(=O)N1CCc2nc(NC(=O)CNC(=O)c3ccc(Cl)cc3Cl)sc2C1. The first-order valence-electron chi connectivity index (χ1n) is 9.52. The summed E-state index contributed by atoms with van der Waals surface area (Å²) >= 11 is 13.2. The Morgan fingerprint density at radius 3 is 2.73 bits per heavy atom. The summed E-state index contributed by atoms with van der Waals surface area (Å²) in [6.45, 7) is 4.97. The lowest BCUT2D eigenvalue weighted by molar-refractivity contribution is -0.132. The average Bonchev–Trinajstić information content (AvgIpc) is 3.06. The monoisotopic (exact) mass is 468 g/mol. The summed E-state index contributed by atoms with van der Waals surface area (Å²) in [5.41, 5.74) is 1.14. The number of aromatic nitrogens is 1. The van der Waals surface area contributed by atoms with E-state index in [-0.39, 0.29) is 23.0 Å². The molecule has 0 unspecified atom stereocenters. The van der Waals surface area contributed by atoms with Crippen LogP contribution in [0.4, 0.5) is 5.13 Å². The van der Waals surface area contributed by atoms with Crippen molar-refractivity contribution in [2.24, 2.45) is 5.92 Å². The van der Waals surface area contributed by atoms with Gasteiger partial charge in [0.25, 0.3) is 5.91 Å². The first-order chi connectivity index (χ1) is 14.2. The minimum Gasteiger partial charge on any atom is -0.343 e. The fraction of sp³-hybridized carbons (Fsp3) is 0.400. The number of benzene rings is 1. The first kappa shape index (κ1) is 22.5. The number of nitrogens with zero attached hydrogens (tertiary/aromatic N) is 2. The van der Waals surface area contributed by atoms with Crippen molar-refractivity contribution in [1.29, 1.82) is 0 Å². The molecule has 10 heteroatoms. The summed E-state index contributed by atoms with van der Waals surface area (Å²) in [6.07, 6.45) is 1.19. The number of carbonyl (C=O) groups is 3. The highest BCUT2D eigenvalue weighted by Crippen LogP contribution is 2.29. The second-order valence-electron chi connectivity index (χ2n) is 7.41. The van der Waals surface area contributed by atoms with E-state index in [1.54, 1.807) is 6.07 Å². The molecule has 0 spiro atoms. The van der Waals surface area contributed by atoms with Gasteiger partial charge in [0, 0.05) is 29.3 Å². The van der Waals surface area contributed by atoms with E-state index in [9.17, 15) is 14.4 Å². The molecule has 0 radical (unpaired) electrons. The van der Waals surface area contributed by atoms with Crippen LogP contribution in [0, 0.1) is 5.92 Å². The van der Waals surface area contributed by atoms with Crippen molar-refractivity contribution < 1.29 is 14.4 Å². The first-order valence-corrected chi connectivity index (χ1v) is 11.1. The third-order valence-electron chi connectivity index (χ3n) is 4.50. The van der Waals surface area contributed by atoms with Gasteiger partial charge in [-0.15, -0.1) is 0 Å². The Kier molecular flexibility index (Phi) is 7.33. The fourth-order valence-electron chi connectivity index (χ4n) is 3.03. The van der Waals surface area contributed by atoms with E-state index < -0.39 is 11.8 Å². The summed E-state index contributed by atoms with van der Waals surface area (Å²) in [5.74, 6) is -0.414. The quantitative estimate of drug-likeness (QED) is 0.674. The Morgan fingerprint density at radius 2 is 2.03 bits per heavy atom. The second-order valence-corrected chi connectivity index (χ2v) is 9.33. The maximum atomic E-state index is 12.3. The zero-order valence-electron chi connectivity index (χ0n) is 16.6. The molecule has 2 heterocycles. The second kappa shape index (κ2) is 9.76. The van der Waals surface area contributed by atoms with Crippen molar-refractivity contribution >= 4 is 57.4 Å². The molecule has 2 aromatic rings. The molecule has 30 heavy (non-hydrogen) atoms. The van der Waals surface area contributed by atoms with Gasteiger partial charge in [0.05, 0.1) is 29.4 Å². The highest BCUT2D eigenvalue weighted by molar-refractivity contribution is 7.15. The molecule has 0 saturated carbocycles. The van der Waals surface area contributed by atoms with E-state index in [2.05, 4.69) is 15.6 Å². The van der Waals surface area contributed by atoms with Crippen molar-refractivity contribution in [2.75, 3.05) is 18.4 Å². The van der Waals surface area contributed by atoms with Gasteiger partial charge in [0.15, 0.2) is 5.13 Å². The van der Waals surface area contributed by atoms with E-state index in [1.807, 2.05) is 18.7 Å². The molecular weight excluding hydrogens is 447 g/mol. The van der Waals surface area contributed by atoms with Gasteiger partial charge in [0.1, 0.15) is 0 Å². The largest absolute Gasteiger partial charge is 0.343 e. The van der Waals surface area contributed by atoms with Crippen LogP contribution in [-0.4, -0.2) is 40.7 Å². The van der Waals surface area contributed by atoms with Crippen molar-refractivity contribution in [3.63, 3.8) is 0 Å². The number of thiazole rings is 1. The van der Waals surface area contributed by atoms with Crippen LogP contribution >= 0.6 is 34.5 Å². The molecule has 1 aromatic heterocycles. The molecule has 2 N–H and O–H groups in total. The van der Waals surface area contributed by atoms with Crippen LogP contribution in [0.1, 0.15) is 41.2 Å². The van der Waals surface area contributed by atoms with Gasteiger partial charge in [-0.2, -0.15) is 0 Å². The number of rotatable bonds is 6. The van der Waals surface area contributed by atoms with E-state index >= 15 is 0 Å². The number of carbonyl (C=O) groups excluding carboxylic acids is 3. The standard InChI is InChI=1S/C20H22Cl2N4O3S/c1-11(2)7-18(28)26-6-5-15-16(10-26)30-20(24-15)25-17(27)9-23-19(29)13-4-3-12(21)8-14(13)22/h3-4,8,11H,5-7,9-10H2,1-2H3,(H,23,29)(H,24,25,27). The van der Waals surface area contributed by atoms with E-state index in [1.165, 1.54) is 23.5 Å². The molecule has 0 saturated heterocycles. The Bertz CT molecular complexity index is 977. The summed E-state index contributed by atoms with van der Waals surface area (Å²) < 4.78 is 0. The highest BCUT2D eigenvalue weighted by Gasteiger charge is 2.25. The normalized spacial score (nSPS) is 13.2. The molecule has 3 rings (SSSR count). The molecule has 0 fully saturated rings. The third-order valence-corrected chi connectivity index (χ3v) is 6.04. The van der Waals surface area contributed by atoms with E-state index in [0.717, 1.165) is 10.6 Å². The predicted octanol–water partition coefficient (Wildman–Crippen LogP) is 3.75. The maximum absolute atomic E-state index is 12.3. The Labute approximate surface area is 188 Å². The lowest BCUT2D eigenvalue weighted by Crippen LogP contribution is -2.36. The van der Waals surface area contributed by atoms with Gasteiger partial charge in [-0.1, -0.05) is 48.4 Å². The maximum Gasteiger partial charge on any atom is 0.253 e. The van der Waals surface area contributed by atoms with Gasteiger partial charge >= 0.3 is 0 Å². The van der Waals surface area contributed by atoms with Crippen molar-refractivity contribution in [2.45, 2.75) is 33.2 Å². The molecular formula is C20H22Cl2N4O3S. The van der Waals surface area contributed by atoms with Crippen LogP contribution in [0.5, 0.6) is 0 Å². The minimum absolute atomic E-state index is 0.137. The Morgan fingerprint density at radius 1 is 1.27 bits per heavy atom. The molecule has 0 aliphatic carbocycles. The number of nitrogens with one attached hydrogen (secondary N) is 2. The van der Waals surface area contributed by atoms with Crippen molar-refractivity contribution in [3.8, 4) is 0 Å². The molecule has 1 aliphatic heterocycles. The average molecular weight is 469 g/mol. The van der Waals surface area contributed by atoms with Crippen LogP contribution in [0.3, 0.4) is 0 Å². The lowest BCUT2D eigenvalue weighted by atomic mass is 10.1. The summed E-state index contributed by atoms with van der Waals surface area (Å²) in [6, 6.07) is 4.52. The fourth-order valence-corrected chi connectivity index (χ4v) is 4.57. The number of hydrogen-bond donors (Lipinski definition) is 2. The smallest absolute Gasteiger partial charge is 0.253 e. The zero-order chi connectivity index (χ0) is 21.8. The van der Waals surface area contributed by atoms with E-state index in [4.69, 9.17) is 23.2 Å². The van der Waals surface area contributed by atoms with Gasteiger partial charge in [-0.3, -0.25) is 14.4 Å². The summed E-state index contributed by atoms with van der Waals surface area (Å²) in [4.78, 5) is 44.0. The molecule has 7 nitrogen and oxygen atoms in total. The number of fused-ring (bicyclic) bond motifs is 1. The van der Waals surface area contributed by atoms with Crippen LogP contribution < -0.4 is 10.6 Å². The zero-order valence-corrected chi connectivity index (χ0v) is 19.0. The number of amides is 3. The molecule has 3 amide bonds. The van der Waals surface area contributed by atoms with Crippen LogP contribution in [0.2, 0.25) is 10.0 Å². The summed E-state index contributed by atoms with van der Waals surface area (Å²) in [5, 5.41) is 6.32. The van der Waals surface area contributed by atoms with Gasteiger partial charge in [-0.05, 0) is 24.1 Å². The van der Waals surface area contributed by atoms with Crippen molar-refractivity contribution in [1.82, 2.24) is 15.2 Å². The highest BCUT2D eigenvalue weighted by atomic mass is 35.5. The Hall–Kier alpha value is -2.16. The lowest BCUT2D eigenvalue weighted by Gasteiger charge is -2.26. The van der Waals surface area contributed by atoms with Gasteiger partial charge < -0.3 is 15.5 Å². The minimum atomic E-state index is -0.468. The molecule has 1 aliphatic rings. The predicted molar refractivity (Wildman–Crippen MR) is 118 cm³/mol. The topological polar surface area (TPSA) is 91.4 Å². The van der Waals surface area contributed by atoms with Gasteiger partial charge in [0.2, 0.25) is 11.8 Å².